The number of phenolic OH excluding ortho intramolecular Hbond substituents is 4. The molecule has 1 unspecified atom stereocenters. The quantitative estimate of drug-likeness (QED) is 0.234. The molecule has 9 heteroatoms. The van der Waals surface area contributed by atoms with Crippen molar-refractivity contribution in [2.45, 2.75) is 5.79 Å². The minimum Gasteiger partial charge on any atom is -0.508 e. The number of carbonyl (C=O) groups is 2. The van der Waals surface area contributed by atoms with E-state index < -0.39 is 51.7 Å². The molecule has 0 bridgehead atoms. The Labute approximate surface area is 133 Å². The number of hydrogen-bond acceptors (Lipinski definition) is 9. The molecule has 1 aliphatic heterocycles. The van der Waals surface area contributed by atoms with Crippen LogP contribution >= 0.6 is 0 Å². The number of ketones is 2. The van der Waals surface area contributed by atoms with E-state index in [0.29, 0.717) is 0 Å². The lowest BCUT2D eigenvalue weighted by Crippen LogP contribution is -2.50. The fraction of sp³-hybridized carbons (Fsp3) is 0.0667. The Kier molecular flexibility index (Phi) is 3.32. The third-order valence-corrected chi connectivity index (χ3v) is 3.54. The summed E-state index contributed by atoms with van der Waals surface area (Å²) >= 11 is 0. The van der Waals surface area contributed by atoms with E-state index in [-0.39, 0.29) is 5.56 Å². The topological polar surface area (TPSA) is 154 Å². The molecule has 5 N–H and O–H groups in total. The van der Waals surface area contributed by atoms with Crippen molar-refractivity contribution >= 4 is 11.6 Å². The Morgan fingerprint density at radius 2 is 1.62 bits per heavy atom. The molecule has 9 nitrogen and oxygen atoms in total. The second-order valence-corrected chi connectivity index (χ2v) is 5.01. The van der Waals surface area contributed by atoms with E-state index in [0.717, 1.165) is 30.3 Å². The van der Waals surface area contributed by atoms with Crippen molar-refractivity contribution in [1.29, 1.82) is 0 Å². The lowest BCUT2D eigenvalue weighted by molar-refractivity contribution is -0.370. The number of hydrogen-bond donors (Lipinski definition) is 5. The van der Waals surface area contributed by atoms with Crippen LogP contribution in [0.5, 0.6) is 28.7 Å². The zero-order valence-corrected chi connectivity index (χ0v) is 11.8. The van der Waals surface area contributed by atoms with Crippen molar-refractivity contribution < 1.29 is 44.9 Å². The Morgan fingerprint density at radius 3 is 2.25 bits per heavy atom. The van der Waals surface area contributed by atoms with Crippen molar-refractivity contribution in [1.82, 2.24) is 0 Å². The first-order chi connectivity index (χ1) is 11.3. The average molecular weight is 334 g/mol. The van der Waals surface area contributed by atoms with Crippen LogP contribution in [0.25, 0.3) is 0 Å². The van der Waals surface area contributed by atoms with Gasteiger partial charge < -0.3 is 25.2 Å². The normalized spacial score (nSPS) is 19.7. The first-order valence-electron chi connectivity index (χ1n) is 6.49. The number of Topliss-reactive ketones (excluding diaryl/α,β-unsaturated/α-hetero) is 2. The first kappa shape index (κ1) is 15.6. The molecule has 24 heavy (non-hydrogen) atoms. The fourth-order valence-electron chi connectivity index (χ4n) is 2.39. The van der Waals surface area contributed by atoms with Gasteiger partial charge in [-0.1, -0.05) is 0 Å². The maximum Gasteiger partial charge on any atom is 0.334 e. The molecular weight excluding hydrogens is 324 g/mol. The third kappa shape index (κ3) is 2.03. The van der Waals surface area contributed by atoms with Gasteiger partial charge in [-0.25, -0.2) is 5.26 Å². The highest BCUT2D eigenvalue weighted by atomic mass is 17.1. The van der Waals surface area contributed by atoms with Gasteiger partial charge in [0.2, 0.25) is 5.78 Å². The van der Waals surface area contributed by atoms with Crippen LogP contribution in [-0.2, 0) is 15.5 Å². The molecule has 2 aromatic carbocycles. The van der Waals surface area contributed by atoms with Crippen molar-refractivity contribution in [2.75, 3.05) is 0 Å². The minimum absolute atomic E-state index is 0.299. The standard InChI is InChI=1S/C15H10O9/c16-7-4-10(19)12-11(5-7)23-15(24-22,14(21)13(12)20)6-1-2-8(17)9(18)3-6/h1-5,16-19,22H. The lowest BCUT2D eigenvalue weighted by atomic mass is 9.91. The number of rotatable bonds is 2. The molecule has 0 aliphatic carbocycles. The van der Waals surface area contributed by atoms with Gasteiger partial charge in [-0.15, -0.1) is 0 Å². The van der Waals surface area contributed by atoms with Crippen molar-refractivity contribution in [3.05, 3.63) is 41.5 Å². The van der Waals surface area contributed by atoms with Crippen LogP contribution in [0.2, 0.25) is 0 Å². The number of phenols is 4. The Hall–Kier alpha value is -3.30. The minimum atomic E-state index is -2.67. The lowest BCUT2D eigenvalue weighted by Gasteiger charge is -2.33. The monoisotopic (exact) mass is 334 g/mol. The molecule has 0 saturated heterocycles. The highest BCUT2D eigenvalue weighted by Crippen LogP contribution is 2.44. The molecule has 0 fully saturated rings. The second-order valence-electron chi connectivity index (χ2n) is 5.01. The predicted octanol–water partition coefficient (Wildman–Crippen LogP) is 0.996. The van der Waals surface area contributed by atoms with Gasteiger partial charge in [-0.05, 0) is 18.2 Å². The van der Waals surface area contributed by atoms with E-state index in [9.17, 15) is 35.3 Å². The Balaban J connectivity index is 2.24. The van der Waals surface area contributed by atoms with Crippen LogP contribution < -0.4 is 4.74 Å². The summed E-state index contributed by atoms with van der Waals surface area (Å²) in [6.45, 7) is 0. The maximum absolute atomic E-state index is 12.4. The molecule has 1 aliphatic rings. The van der Waals surface area contributed by atoms with E-state index in [2.05, 4.69) is 4.89 Å². The number of ether oxygens (including phenoxy) is 1. The van der Waals surface area contributed by atoms with E-state index in [1.165, 1.54) is 0 Å². The van der Waals surface area contributed by atoms with E-state index in [1.807, 2.05) is 0 Å². The highest BCUT2D eigenvalue weighted by Gasteiger charge is 2.54. The van der Waals surface area contributed by atoms with Gasteiger partial charge in [-0.3, -0.25) is 9.59 Å². The molecule has 2 aromatic rings. The van der Waals surface area contributed by atoms with E-state index in [1.54, 1.807) is 0 Å². The molecule has 0 aromatic heterocycles. The van der Waals surface area contributed by atoms with Gasteiger partial charge in [0.15, 0.2) is 11.5 Å². The molecule has 3 rings (SSSR count). The summed E-state index contributed by atoms with van der Waals surface area (Å²) < 4.78 is 5.24. The highest BCUT2D eigenvalue weighted by molar-refractivity contribution is 6.47. The van der Waals surface area contributed by atoms with Crippen LogP contribution in [0.4, 0.5) is 0 Å². The van der Waals surface area contributed by atoms with Gasteiger partial charge >= 0.3 is 5.79 Å². The molecule has 0 radical (unpaired) electrons. The zero-order chi connectivity index (χ0) is 17.6. The van der Waals surface area contributed by atoms with Crippen molar-refractivity contribution in [3.8, 4) is 28.7 Å². The van der Waals surface area contributed by atoms with Gasteiger partial charge in [0.25, 0.3) is 5.78 Å². The summed E-state index contributed by atoms with van der Waals surface area (Å²) in [5.74, 6) is -8.04. The smallest absolute Gasteiger partial charge is 0.334 e. The Bertz CT molecular complexity index is 873. The summed E-state index contributed by atoms with van der Waals surface area (Å²) in [7, 11) is 0. The molecule has 0 amide bonds. The SMILES string of the molecule is O=C1C(=O)C(OO)(c2ccc(O)c(O)c2)Oc2cc(O)cc(O)c21. The van der Waals surface area contributed by atoms with Crippen LogP contribution in [0.3, 0.4) is 0 Å². The molecule has 0 spiro atoms. The molecule has 0 saturated carbocycles. The molecule has 124 valence electrons. The third-order valence-electron chi connectivity index (χ3n) is 3.54. The molecular formula is C15H10O9. The largest absolute Gasteiger partial charge is 0.508 e. The van der Waals surface area contributed by atoms with Crippen LogP contribution in [-0.4, -0.2) is 37.2 Å². The first-order valence-corrected chi connectivity index (χ1v) is 6.49. The van der Waals surface area contributed by atoms with E-state index >= 15 is 0 Å². The summed E-state index contributed by atoms with van der Waals surface area (Å²) in [6.07, 6.45) is 0. The van der Waals surface area contributed by atoms with Crippen LogP contribution in [0.1, 0.15) is 15.9 Å². The second kappa shape index (κ2) is 5.11. The van der Waals surface area contributed by atoms with Crippen LogP contribution in [0, 0.1) is 0 Å². The molecule has 1 heterocycles. The maximum atomic E-state index is 12.4. The Morgan fingerprint density at radius 1 is 0.917 bits per heavy atom. The summed E-state index contributed by atoms with van der Waals surface area (Å²) in [5.41, 5.74) is -0.805. The van der Waals surface area contributed by atoms with Crippen molar-refractivity contribution in [2.24, 2.45) is 0 Å². The predicted molar refractivity (Wildman–Crippen MR) is 74.9 cm³/mol. The summed E-state index contributed by atoms with van der Waals surface area (Å²) in [5, 5.41) is 47.4. The number of fused-ring (bicyclic) bond motifs is 1. The van der Waals surface area contributed by atoms with E-state index in [4.69, 9.17) is 4.74 Å². The number of aromatic hydroxyl groups is 4. The van der Waals surface area contributed by atoms with Gasteiger partial charge in [-0.2, -0.15) is 4.89 Å². The molecule has 1 atom stereocenters. The van der Waals surface area contributed by atoms with Gasteiger partial charge in [0, 0.05) is 17.7 Å². The van der Waals surface area contributed by atoms with Crippen molar-refractivity contribution in [3.63, 3.8) is 0 Å². The van der Waals surface area contributed by atoms with Crippen LogP contribution in [0.15, 0.2) is 30.3 Å². The van der Waals surface area contributed by atoms with Gasteiger partial charge in [0.05, 0.1) is 0 Å². The average Bonchev–Trinajstić information content (AvgIpc) is 2.53. The fourth-order valence-corrected chi connectivity index (χ4v) is 2.39. The number of carbonyl (C=O) groups excluding carboxylic acids is 2. The summed E-state index contributed by atoms with van der Waals surface area (Å²) in [6, 6.07) is 4.69. The van der Waals surface area contributed by atoms with Gasteiger partial charge in [0.1, 0.15) is 22.8 Å². The summed E-state index contributed by atoms with van der Waals surface area (Å²) in [4.78, 5) is 28.8. The zero-order valence-electron chi connectivity index (χ0n) is 11.8. The number of benzene rings is 2.